The predicted octanol–water partition coefficient (Wildman–Crippen LogP) is 2.71. The van der Waals surface area contributed by atoms with Crippen molar-refractivity contribution in [3.8, 4) is 11.5 Å². The third kappa shape index (κ3) is 3.84. The number of hydrogen-bond donors (Lipinski definition) is 1. The average molecular weight is 333 g/mol. The molecule has 0 atom stereocenters. The molecule has 0 spiro atoms. The van der Waals surface area contributed by atoms with Crippen molar-refractivity contribution in [2.75, 3.05) is 32.7 Å². The van der Waals surface area contributed by atoms with Crippen molar-refractivity contribution in [2.24, 2.45) is 0 Å². The first-order chi connectivity index (χ1) is 11.6. The van der Waals surface area contributed by atoms with Gasteiger partial charge < -0.3 is 19.5 Å². The molecule has 0 bridgehead atoms. The van der Waals surface area contributed by atoms with Crippen molar-refractivity contribution in [1.82, 2.24) is 9.97 Å². The van der Waals surface area contributed by atoms with Crippen molar-refractivity contribution in [3.63, 3.8) is 0 Å². The quantitative estimate of drug-likeness (QED) is 0.587. The molecule has 7 heteroatoms. The number of carbonyl (C=O) groups excluding carboxylic acids is 1. The average Bonchev–Trinajstić information content (AvgIpc) is 2.59. The van der Waals surface area contributed by atoms with Gasteiger partial charge in [-0.15, -0.1) is 0 Å². The Morgan fingerprint density at radius 1 is 1.25 bits per heavy atom. The summed E-state index contributed by atoms with van der Waals surface area (Å²) in [5, 5.41) is 4.10. The number of rotatable bonds is 8. The highest BCUT2D eigenvalue weighted by molar-refractivity contribution is 5.94. The molecule has 2 aromatic rings. The van der Waals surface area contributed by atoms with Crippen LogP contribution in [0.5, 0.6) is 11.5 Å². The van der Waals surface area contributed by atoms with E-state index in [9.17, 15) is 4.79 Å². The van der Waals surface area contributed by atoms with E-state index in [2.05, 4.69) is 15.3 Å². The Morgan fingerprint density at radius 3 is 2.71 bits per heavy atom. The second-order valence-corrected chi connectivity index (χ2v) is 5.19. The molecule has 0 saturated carbocycles. The lowest BCUT2D eigenvalue weighted by atomic mass is 10.1. The second-order valence-electron chi connectivity index (χ2n) is 5.19. The van der Waals surface area contributed by atoms with Gasteiger partial charge in [-0.25, -0.2) is 9.97 Å². The summed E-state index contributed by atoms with van der Waals surface area (Å²) in [6, 6.07) is 1.86. The number of anilines is 1. The number of nitrogens with one attached hydrogen (secondary N) is 1. The summed E-state index contributed by atoms with van der Waals surface area (Å²) in [7, 11) is 3.20. The summed E-state index contributed by atoms with van der Waals surface area (Å²) in [6.07, 6.45) is 2.55. The molecule has 0 aliphatic rings. The van der Waals surface area contributed by atoms with Crippen molar-refractivity contribution in [3.05, 3.63) is 18.0 Å². The molecule has 0 fully saturated rings. The molecule has 0 radical (unpaired) electrons. The fourth-order valence-corrected chi connectivity index (χ4v) is 2.54. The molecule has 2 rings (SSSR count). The van der Waals surface area contributed by atoms with Crippen LogP contribution in [0.2, 0.25) is 0 Å². The van der Waals surface area contributed by atoms with Crippen molar-refractivity contribution in [1.29, 1.82) is 0 Å². The SMILES string of the molecule is CCOC(=O)CCCNc1ncnc2c(C)c(OC)c(OC)cc12. The van der Waals surface area contributed by atoms with Crippen LogP contribution < -0.4 is 14.8 Å². The molecule has 1 heterocycles. The van der Waals surface area contributed by atoms with Gasteiger partial charge in [0.25, 0.3) is 0 Å². The number of aryl methyl sites for hydroxylation is 1. The summed E-state index contributed by atoms with van der Waals surface area (Å²) in [6.45, 7) is 4.75. The second kappa shape index (κ2) is 8.33. The Hall–Kier alpha value is -2.57. The number of benzene rings is 1. The highest BCUT2D eigenvalue weighted by Gasteiger charge is 2.15. The van der Waals surface area contributed by atoms with Crippen LogP contribution in [0.25, 0.3) is 10.9 Å². The lowest BCUT2D eigenvalue weighted by Crippen LogP contribution is -2.09. The van der Waals surface area contributed by atoms with E-state index in [-0.39, 0.29) is 5.97 Å². The summed E-state index contributed by atoms with van der Waals surface area (Å²) in [5.74, 6) is 1.81. The van der Waals surface area contributed by atoms with Gasteiger partial charge in [0.1, 0.15) is 12.1 Å². The van der Waals surface area contributed by atoms with Crippen LogP contribution >= 0.6 is 0 Å². The van der Waals surface area contributed by atoms with Gasteiger partial charge in [0.05, 0.1) is 26.3 Å². The van der Waals surface area contributed by atoms with Gasteiger partial charge in [0.2, 0.25) is 0 Å². The Bertz CT molecular complexity index is 719. The minimum absolute atomic E-state index is 0.186. The van der Waals surface area contributed by atoms with Gasteiger partial charge in [-0.1, -0.05) is 0 Å². The van der Waals surface area contributed by atoms with E-state index in [1.807, 2.05) is 13.0 Å². The third-order valence-corrected chi connectivity index (χ3v) is 3.66. The standard InChI is InChI=1S/C17H23N3O4/c1-5-24-14(21)7-6-8-18-17-12-9-13(22-3)16(23-4)11(2)15(12)19-10-20-17/h9-10H,5-8H2,1-4H3,(H,18,19,20). The molecule has 0 aliphatic carbocycles. The fraction of sp³-hybridized carbons (Fsp3) is 0.471. The van der Waals surface area contributed by atoms with Crippen molar-refractivity contribution >= 4 is 22.7 Å². The molecule has 130 valence electrons. The van der Waals surface area contributed by atoms with Gasteiger partial charge in [-0.3, -0.25) is 4.79 Å². The van der Waals surface area contributed by atoms with Crippen LogP contribution in [0, 0.1) is 6.92 Å². The topological polar surface area (TPSA) is 82.6 Å². The minimum atomic E-state index is -0.186. The first kappa shape index (κ1) is 17.8. The Kier molecular flexibility index (Phi) is 6.17. The van der Waals surface area contributed by atoms with E-state index in [0.29, 0.717) is 43.3 Å². The van der Waals surface area contributed by atoms with E-state index in [4.69, 9.17) is 14.2 Å². The number of carbonyl (C=O) groups is 1. The maximum Gasteiger partial charge on any atom is 0.305 e. The van der Waals surface area contributed by atoms with Crippen LogP contribution in [-0.2, 0) is 9.53 Å². The molecular weight excluding hydrogens is 310 g/mol. The molecule has 1 N–H and O–H groups in total. The van der Waals surface area contributed by atoms with Crippen LogP contribution in [0.4, 0.5) is 5.82 Å². The Morgan fingerprint density at radius 2 is 2.04 bits per heavy atom. The van der Waals surface area contributed by atoms with Gasteiger partial charge in [-0.2, -0.15) is 0 Å². The number of esters is 1. The van der Waals surface area contributed by atoms with E-state index in [1.165, 1.54) is 6.33 Å². The van der Waals surface area contributed by atoms with Gasteiger partial charge in [0.15, 0.2) is 11.5 Å². The zero-order valence-corrected chi connectivity index (χ0v) is 14.5. The normalized spacial score (nSPS) is 10.5. The maximum absolute atomic E-state index is 11.4. The molecule has 7 nitrogen and oxygen atoms in total. The molecule has 0 saturated heterocycles. The minimum Gasteiger partial charge on any atom is -0.493 e. The van der Waals surface area contributed by atoms with Crippen molar-refractivity contribution < 1.29 is 19.0 Å². The molecule has 0 aliphatic heterocycles. The van der Waals surface area contributed by atoms with E-state index in [0.717, 1.165) is 16.5 Å². The maximum atomic E-state index is 11.4. The predicted molar refractivity (Wildman–Crippen MR) is 91.7 cm³/mol. The number of nitrogens with zero attached hydrogens (tertiary/aromatic N) is 2. The number of methoxy groups -OCH3 is 2. The number of ether oxygens (including phenoxy) is 3. The highest BCUT2D eigenvalue weighted by atomic mass is 16.5. The van der Waals surface area contributed by atoms with Crippen LogP contribution in [0.1, 0.15) is 25.3 Å². The summed E-state index contributed by atoms with van der Waals surface area (Å²) >= 11 is 0. The first-order valence-electron chi connectivity index (χ1n) is 7.88. The fourth-order valence-electron chi connectivity index (χ4n) is 2.54. The van der Waals surface area contributed by atoms with E-state index in [1.54, 1.807) is 21.1 Å². The van der Waals surface area contributed by atoms with E-state index >= 15 is 0 Å². The van der Waals surface area contributed by atoms with Crippen LogP contribution in [0.3, 0.4) is 0 Å². The number of aromatic nitrogens is 2. The lowest BCUT2D eigenvalue weighted by molar-refractivity contribution is -0.143. The monoisotopic (exact) mass is 333 g/mol. The van der Waals surface area contributed by atoms with Gasteiger partial charge >= 0.3 is 5.97 Å². The first-order valence-corrected chi connectivity index (χ1v) is 7.88. The van der Waals surface area contributed by atoms with Gasteiger partial charge in [-0.05, 0) is 26.3 Å². The van der Waals surface area contributed by atoms with E-state index < -0.39 is 0 Å². The molecule has 0 unspecified atom stereocenters. The summed E-state index contributed by atoms with van der Waals surface area (Å²) in [5.41, 5.74) is 1.69. The zero-order chi connectivity index (χ0) is 17.5. The number of fused-ring (bicyclic) bond motifs is 1. The lowest BCUT2D eigenvalue weighted by Gasteiger charge is -2.14. The third-order valence-electron chi connectivity index (χ3n) is 3.66. The Labute approximate surface area is 141 Å². The molecule has 1 aromatic heterocycles. The molecule has 0 amide bonds. The van der Waals surface area contributed by atoms with Gasteiger partial charge in [0, 0.05) is 23.9 Å². The largest absolute Gasteiger partial charge is 0.493 e. The molecule has 1 aromatic carbocycles. The zero-order valence-electron chi connectivity index (χ0n) is 14.5. The smallest absolute Gasteiger partial charge is 0.305 e. The highest BCUT2D eigenvalue weighted by Crippen LogP contribution is 2.37. The van der Waals surface area contributed by atoms with Crippen molar-refractivity contribution in [2.45, 2.75) is 26.7 Å². The van der Waals surface area contributed by atoms with Crippen LogP contribution in [0.15, 0.2) is 12.4 Å². The number of hydrogen-bond acceptors (Lipinski definition) is 7. The summed E-state index contributed by atoms with van der Waals surface area (Å²) < 4.78 is 15.7. The molecular formula is C17H23N3O4. The molecule has 24 heavy (non-hydrogen) atoms. The summed E-state index contributed by atoms with van der Waals surface area (Å²) in [4.78, 5) is 20.0. The van der Waals surface area contributed by atoms with Crippen LogP contribution in [-0.4, -0.2) is 43.3 Å². The Balaban J connectivity index is 2.19.